The van der Waals surface area contributed by atoms with Crippen LogP contribution in [0.15, 0.2) is 45.7 Å². The van der Waals surface area contributed by atoms with Crippen molar-refractivity contribution in [3.63, 3.8) is 0 Å². The van der Waals surface area contributed by atoms with E-state index in [4.69, 9.17) is 23.2 Å². The first-order valence-corrected chi connectivity index (χ1v) is 7.77. The third kappa shape index (κ3) is 4.16. The number of benzene rings is 1. The monoisotopic (exact) mass is 326 g/mol. The number of rotatable bonds is 5. The predicted molar refractivity (Wildman–Crippen MR) is 83.7 cm³/mol. The molecule has 0 saturated carbocycles. The zero-order valence-corrected chi connectivity index (χ0v) is 13.1. The highest BCUT2D eigenvalue weighted by Gasteiger charge is 2.11. The molecule has 104 valence electrons. The van der Waals surface area contributed by atoms with Gasteiger partial charge in [-0.3, -0.25) is 0 Å². The van der Waals surface area contributed by atoms with Gasteiger partial charge in [-0.15, -0.1) is 5.11 Å². The lowest BCUT2D eigenvalue weighted by molar-refractivity contribution is 0.955. The van der Waals surface area contributed by atoms with Gasteiger partial charge >= 0.3 is 0 Å². The Bertz CT molecular complexity index is 582. The lowest BCUT2D eigenvalue weighted by Gasteiger charge is -2.03. The summed E-state index contributed by atoms with van der Waals surface area (Å²) in [6.07, 6.45) is 1.03. The summed E-state index contributed by atoms with van der Waals surface area (Å²) in [6.45, 7) is 2.08. The van der Waals surface area contributed by atoms with Crippen molar-refractivity contribution in [1.82, 2.24) is 9.97 Å². The van der Waals surface area contributed by atoms with Crippen LogP contribution in [0.2, 0.25) is 10.3 Å². The van der Waals surface area contributed by atoms with Crippen LogP contribution in [-0.2, 0) is 0 Å². The van der Waals surface area contributed by atoms with Crippen molar-refractivity contribution in [3.05, 3.63) is 40.6 Å². The first kappa shape index (κ1) is 15.2. The molecule has 7 heteroatoms. The number of azo groups is 1. The molecule has 0 atom stereocenters. The molecule has 0 spiro atoms. The Morgan fingerprint density at radius 2 is 1.70 bits per heavy atom. The molecule has 1 aromatic carbocycles. The Morgan fingerprint density at radius 1 is 1.05 bits per heavy atom. The van der Waals surface area contributed by atoms with E-state index in [2.05, 4.69) is 27.1 Å². The Kier molecular flexibility index (Phi) is 5.76. The maximum absolute atomic E-state index is 6.08. The van der Waals surface area contributed by atoms with Crippen molar-refractivity contribution >= 4 is 46.3 Å². The van der Waals surface area contributed by atoms with E-state index in [0.717, 1.165) is 12.2 Å². The lowest BCUT2D eigenvalue weighted by Crippen LogP contribution is -1.90. The van der Waals surface area contributed by atoms with Crippen LogP contribution in [-0.4, -0.2) is 15.7 Å². The molecule has 4 nitrogen and oxygen atoms in total. The van der Waals surface area contributed by atoms with Gasteiger partial charge in [0.05, 0.1) is 5.69 Å². The molecule has 0 unspecified atom stereocenters. The van der Waals surface area contributed by atoms with Crippen LogP contribution in [0.4, 0.5) is 11.4 Å². The summed E-state index contributed by atoms with van der Waals surface area (Å²) in [5.41, 5.74) is 1.00. The van der Waals surface area contributed by atoms with E-state index < -0.39 is 0 Å². The fraction of sp³-hybridized carbons (Fsp3) is 0.231. The molecule has 20 heavy (non-hydrogen) atoms. The van der Waals surface area contributed by atoms with Crippen LogP contribution < -0.4 is 0 Å². The molecule has 0 radical (unpaired) electrons. The largest absolute Gasteiger partial charge is 0.208 e. The standard InChI is InChI=1S/C13H12Cl2N4S/c1-2-8-20-13-16-11(14)10(12(15)17-13)19-18-9-6-4-3-5-7-9/h3-7H,2,8H2,1H3. The Balaban J connectivity index is 2.22. The number of hydrogen-bond acceptors (Lipinski definition) is 5. The fourth-order valence-corrected chi connectivity index (χ4v) is 2.59. The summed E-state index contributed by atoms with van der Waals surface area (Å²) in [5, 5.41) is 9.06. The van der Waals surface area contributed by atoms with Gasteiger partial charge in [-0.05, 0) is 18.6 Å². The molecule has 2 rings (SSSR count). The van der Waals surface area contributed by atoms with Crippen molar-refractivity contribution in [2.45, 2.75) is 18.5 Å². The van der Waals surface area contributed by atoms with Gasteiger partial charge in [-0.2, -0.15) is 5.11 Å². The average Bonchev–Trinajstić information content (AvgIpc) is 2.45. The van der Waals surface area contributed by atoms with Gasteiger partial charge in [0, 0.05) is 5.75 Å². The van der Waals surface area contributed by atoms with Crippen LogP contribution >= 0.6 is 35.0 Å². The maximum Gasteiger partial charge on any atom is 0.190 e. The van der Waals surface area contributed by atoms with Gasteiger partial charge in [-0.1, -0.05) is 60.1 Å². The summed E-state index contributed by atoms with van der Waals surface area (Å²) in [6, 6.07) is 9.31. The summed E-state index contributed by atoms with van der Waals surface area (Å²) < 4.78 is 0. The Hall–Kier alpha value is -1.17. The van der Waals surface area contributed by atoms with Crippen LogP contribution in [0.5, 0.6) is 0 Å². The SMILES string of the molecule is CCCSc1nc(Cl)c(N=Nc2ccccc2)c(Cl)n1. The van der Waals surface area contributed by atoms with E-state index in [1.165, 1.54) is 11.8 Å². The zero-order valence-electron chi connectivity index (χ0n) is 10.8. The second kappa shape index (κ2) is 7.57. The summed E-state index contributed by atoms with van der Waals surface area (Å²) in [5.74, 6) is 0.914. The molecule has 0 aliphatic heterocycles. The quantitative estimate of drug-likeness (QED) is 0.306. The second-order valence-electron chi connectivity index (χ2n) is 3.82. The average molecular weight is 327 g/mol. The van der Waals surface area contributed by atoms with Crippen LogP contribution in [0.25, 0.3) is 0 Å². The smallest absolute Gasteiger partial charge is 0.190 e. The van der Waals surface area contributed by atoms with Crippen LogP contribution in [0, 0.1) is 0 Å². The van der Waals surface area contributed by atoms with E-state index in [1.54, 1.807) is 0 Å². The number of hydrogen-bond donors (Lipinski definition) is 0. The lowest BCUT2D eigenvalue weighted by atomic mass is 10.3. The molecule has 0 fully saturated rings. The number of thioether (sulfide) groups is 1. The number of aromatic nitrogens is 2. The minimum absolute atomic E-state index is 0.211. The normalized spacial score (nSPS) is 11.2. The van der Waals surface area contributed by atoms with E-state index in [9.17, 15) is 0 Å². The van der Waals surface area contributed by atoms with Gasteiger partial charge in [0.15, 0.2) is 21.2 Å². The Morgan fingerprint density at radius 3 is 2.30 bits per heavy atom. The molecule has 0 aliphatic carbocycles. The first-order chi connectivity index (χ1) is 9.70. The summed E-state index contributed by atoms with van der Waals surface area (Å²) in [7, 11) is 0. The van der Waals surface area contributed by atoms with Crippen molar-refractivity contribution < 1.29 is 0 Å². The molecule has 0 aliphatic rings. The van der Waals surface area contributed by atoms with Crippen molar-refractivity contribution in [2.75, 3.05) is 5.75 Å². The molecular formula is C13H12Cl2N4S. The predicted octanol–water partition coefficient (Wildman–Crippen LogP) is 5.70. The summed E-state index contributed by atoms with van der Waals surface area (Å²) in [4.78, 5) is 8.33. The molecule has 1 heterocycles. The van der Waals surface area contributed by atoms with Gasteiger partial charge in [0.25, 0.3) is 0 Å². The minimum atomic E-state index is 0.211. The fourth-order valence-electron chi connectivity index (χ4n) is 1.33. The second-order valence-corrected chi connectivity index (χ2v) is 5.60. The maximum atomic E-state index is 6.08. The minimum Gasteiger partial charge on any atom is -0.208 e. The number of nitrogens with zero attached hydrogens (tertiary/aromatic N) is 4. The van der Waals surface area contributed by atoms with Gasteiger partial charge in [-0.25, -0.2) is 9.97 Å². The molecular weight excluding hydrogens is 315 g/mol. The molecule has 2 aromatic rings. The third-order valence-corrected chi connectivity index (χ3v) is 3.82. The highest BCUT2D eigenvalue weighted by molar-refractivity contribution is 7.99. The molecule has 0 amide bonds. The van der Waals surface area contributed by atoms with E-state index in [-0.39, 0.29) is 16.0 Å². The molecule has 0 bridgehead atoms. The van der Waals surface area contributed by atoms with Crippen molar-refractivity contribution in [1.29, 1.82) is 0 Å². The van der Waals surface area contributed by atoms with Gasteiger partial charge in [0.2, 0.25) is 0 Å². The first-order valence-electron chi connectivity index (χ1n) is 6.03. The highest BCUT2D eigenvalue weighted by atomic mass is 35.5. The van der Waals surface area contributed by atoms with E-state index >= 15 is 0 Å². The number of halogens is 2. The van der Waals surface area contributed by atoms with Gasteiger partial charge < -0.3 is 0 Å². The van der Waals surface area contributed by atoms with Crippen molar-refractivity contribution in [2.24, 2.45) is 10.2 Å². The van der Waals surface area contributed by atoms with E-state index in [1.807, 2.05) is 30.3 Å². The third-order valence-electron chi connectivity index (χ3n) is 2.24. The topological polar surface area (TPSA) is 50.5 Å². The van der Waals surface area contributed by atoms with Crippen LogP contribution in [0.3, 0.4) is 0 Å². The van der Waals surface area contributed by atoms with E-state index in [0.29, 0.717) is 10.8 Å². The van der Waals surface area contributed by atoms with Crippen molar-refractivity contribution in [3.8, 4) is 0 Å². The zero-order chi connectivity index (χ0) is 14.4. The molecule has 0 saturated heterocycles. The molecule has 1 aromatic heterocycles. The highest BCUT2D eigenvalue weighted by Crippen LogP contribution is 2.33. The summed E-state index contributed by atoms with van der Waals surface area (Å²) >= 11 is 13.7. The van der Waals surface area contributed by atoms with Gasteiger partial charge in [0.1, 0.15) is 0 Å². The van der Waals surface area contributed by atoms with Crippen LogP contribution in [0.1, 0.15) is 13.3 Å². The Labute approximate surface area is 131 Å². The molecule has 0 N–H and O–H groups in total.